The highest BCUT2D eigenvalue weighted by atomic mass is 16.2. The van der Waals surface area contributed by atoms with Crippen LogP contribution in [0.25, 0.3) is 0 Å². The lowest BCUT2D eigenvalue weighted by molar-refractivity contribution is -0.133. The van der Waals surface area contributed by atoms with E-state index in [9.17, 15) is 14.4 Å². The van der Waals surface area contributed by atoms with E-state index in [4.69, 9.17) is 0 Å². The summed E-state index contributed by atoms with van der Waals surface area (Å²) in [6.45, 7) is 8.36. The number of carbonyl (C=O) groups excluding carboxylic acids is 3. The van der Waals surface area contributed by atoms with Gasteiger partial charge in [-0.05, 0) is 88.5 Å². The molecule has 0 aliphatic heterocycles. The fraction of sp³-hybridized carbons (Fsp3) is 0.743. The summed E-state index contributed by atoms with van der Waals surface area (Å²) in [5.41, 5.74) is 1.42. The molecule has 0 radical (unpaired) electrons. The van der Waals surface area contributed by atoms with E-state index in [0.717, 1.165) is 64.5 Å². The normalized spacial score (nSPS) is 23.0. The maximum atomic E-state index is 13.6. The van der Waals surface area contributed by atoms with Gasteiger partial charge in [0, 0.05) is 19.0 Å². The van der Waals surface area contributed by atoms with E-state index in [2.05, 4.69) is 58.6 Å². The molecule has 3 amide bonds. The monoisotopic (exact) mass is 582 g/mol. The number of hydrogen-bond acceptors (Lipinski definition) is 4. The van der Waals surface area contributed by atoms with E-state index in [1.165, 1.54) is 31.3 Å². The van der Waals surface area contributed by atoms with E-state index in [1.807, 2.05) is 13.8 Å². The lowest BCUT2D eigenvalue weighted by Gasteiger charge is -2.36. The number of unbranched alkanes of at least 4 members (excludes halogenated alkanes) is 1. The van der Waals surface area contributed by atoms with Gasteiger partial charge in [-0.1, -0.05) is 82.4 Å². The largest absolute Gasteiger partial charge is 0.354 e. The highest BCUT2D eigenvalue weighted by Gasteiger charge is 2.33. The third kappa shape index (κ3) is 11.3. The van der Waals surface area contributed by atoms with Crippen LogP contribution in [0.5, 0.6) is 0 Å². The van der Waals surface area contributed by atoms with Crippen LogP contribution in [0.2, 0.25) is 0 Å². The summed E-state index contributed by atoms with van der Waals surface area (Å²) in [5.74, 6) is 1.10. The van der Waals surface area contributed by atoms with Gasteiger partial charge in [-0.15, -0.1) is 0 Å². The van der Waals surface area contributed by atoms with Gasteiger partial charge >= 0.3 is 0 Å². The van der Waals surface area contributed by atoms with Crippen molar-refractivity contribution in [2.45, 2.75) is 123 Å². The van der Waals surface area contributed by atoms with Gasteiger partial charge in [0.2, 0.25) is 17.7 Å². The summed E-state index contributed by atoms with van der Waals surface area (Å²) in [7, 11) is 0. The Morgan fingerprint density at radius 3 is 2.43 bits per heavy atom. The van der Waals surface area contributed by atoms with Gasteiger partial charge in [-0.25, -0.2) is 0 Å². The molecular weight excluding hydrogens is 524 g/mol. The minimum atomic E-state index is -0.619. The molecular formula is C35H58N4O3. The van der Waals surface area contributed by atoms with Crippen LogP contribution < -0.4 is 21.3 Å². The standard InChI is InChI=1S/C35H58N4O3/c1-4-7-18-31(38-33(40)28(5-2)6-3)35(42)39-32(24-27-19-20-29-16-11-12-17-30(29)23-27)34(41)37-22-13-21-36-25-26-14-9-8-10-15-26/h8-9,14,19-20,27-32,36H,4-7,10-13,15-18,21-25H2,1-3H3,(H,37,41)(H,38,40)(H,39,42)/t27?,29-,30?,31?,32-/m1/s1. The van der Waals surface area contributed by atoms with Crippen molar-refractivity contribution in [3.63, 3.8) is 0 Å². The number of fused-ring (bicyclic) bond motifs is 1. The molecule has 42 heavy (non-hydrogen) atoms. The molecule has 0 aromatic heterocycles. The highest BCUT2D eigenvalue weighted by Crippen LogP contribution is 2.40. The van der Waals surface area contributed by atoms with Crippen LogP contribution >= 0.6 is 0 Å². The zero-order valence-electron chi connectivity index (χ0n) is 26.6. The number of rotatable bonds is 18. The summed E-state index contributed by atoms with van der Waals surface area (Å²) >= 11 is 0. The van der Waals surface area contributed by atoms with Crippen LogP contribution in [0.15, 0.2) is 36.0 Å². The number of carbonyl (C=O) groups is 3. The second kappa shape index (κ2) is 19.0. The fourth-order valence-corrected chi connectivity index (χ4v) is 6.75. The zero-order chi connectivity index (χ0) is 30.2. The van der Waals surface area contributed by atoms with Crippen molar-refractivity contribution >= 4 is 17.7 Å². The number of hydrogen-bond donors (Lipinski definition) is 4. The van der Waals surface area contributed by atoms with Gasteiger partial charge < -0.3 is 21.3 Å². The van der Waals surface area contributed by atoms with E-state index >= 15 is 0 Å². The average Bonchev–Trinajstić information content (AvgIpc) is 3.01. The predicted octanol–water partition coefficient (Wildman–Crippen LogP) is 5.73. The lowest BCUT2D eigenvalue weighted by atomic mass is 9.70. The zero-order valence-corrected chi connectivity index (χ0v) is 26.6. The van der Waals surface area contributed by atoms with Crippen molar-refractivity contribution in [1.82, 2.24) is 21.3 Å². The van der Waals surface area contributed by atoms with Crippen molar-refractivity contribution in [2.75, 3.05) is 19.6 Å². The molecule has 1 saturated carbocycles. The number of nitrogens with one attached hydrogen (secondary N) is 4. The lowest BCUT2D eigenvalue weighted by Crippen LogP contribution is -2.55. The first-order valence-corrected chi connectivity index (χ1v) is 17.1. The van der Waals surface area contributed by atoms with Crippen molar-refractivity contribution in [1.29, 1.82) is 0 Å². The average molecular weight is 583 g/mol. The molecule has 0 saturated heterocycles. The van der Waals surface area contributed by atoms with E-state index < -0.39 is 12.1 Å². The molecule has 1 fully saturated rings. The third-order valence-corrected chi connectivity index (χ3v) is 9.49. The maximum Gasteiger partial charge on any atom is 0.243 e. The van der Waals surface area contributed by atoms with Crippen LogP contribution in [0.1, 0.15) is 111 Å². The van der Waals surface area contributed by atoms with Gasteiger partial charge in [-0.3, -0.25) is 14.4 Å². The third-order valence-electron chi connectivity index (χ3n) is 9.49. The number of allylic oxidation sites excluding steroid dienone is 5. The van der Waals surface area contributed by atoms with Crippen molar-refractivity contribution in [2.24, 2.45) is 23.7 Å². The van der Waals surface area contributed by atoms with Crippen molar-refractivity contribution in [3.05, 3.63) is 36.0 Å². The first-order chi connectivity index (χ1) is 20.4. The van der Waals surface area contributed by atoms with E-state index in [-0.39, 0.29) is 29.6 Å². The first-order valence-electron chi connectivity index (χ1n) is 17.1. The minimum Gasteiger partial charge on any atom is -0.354 e. The van der Waals surface area contributed by atoms with E-state index in [0.29, 0.717) is 31.2 Å². The van der Waals surface area contributed by atoms with Crippen LogP contribution in [0.3, 0.4) is 0 Å². The Balaban J connectivity index is 1.59. The summed E-state index contributed by atoms with van der Waals surface area (Å²) in [6, 6.07) is -1.24. The molecule has 0 aromatic rings. The molecule has 236 valence electrons. The van der Waals surface area contributed by atoms with Crippen molar-refractivity contribution < 1.29 is 14.4 Å². The fourth-order valence-electron chi connectivity index (χ4n) is 6.75. The molecule has 0 bridgehead atoms. The second-order valence-electron chi connectivity index (χ2n) is 12.7. The van der Waals surface area contributed by atoms with Crippen molar-refractivity contribution in [3.8, 4) is 0 Å². The Hall–Kier alpha value is -2.41. The Morgan fingerprint density at radius 1 is 0.905 bits per heavy atom. The molecule has 3 aliphatic carbocycles. The molecule has 0 heterocycles. The summed E-state index contributed by atoms with van der Waals surface area (Å²) < 4.78 is 0. The molecule has 0 aromatic carbocycles. The smallest absolute Gasteiger partial charge is 0.243 e. The molecule has 5 atom stereocenters. The Labute approximate surface area is 255 Å². The van der Waals surface area contributed by atoms with Crippen LogP contribution in [0, 0.1) is 23.7 Å². The molecule has 0 spiro atoms. The molecule has 3 aliphatic rings. The molecule has 7 heteroatoms. The van der Waals surface area contributed by atoms with Gasteiger partial charge in [0.25, 0.3) is 0 Å². The SMILES string of the molecule is CCCCC(NC(=O)C(CC)CC)C(=O)N[C@H](CC1C=C[C@H]2CCCCC2C1)C(=O)NCCCNCC1=CC=CCC1. The Kier molecular flexibility index (Phi) is 15.4. The summed E-state index contributed by atoms with van der Waals surface area (Å²) in [5, 5.41) is 12.7. The topological polar surface area (TPSA) is 99.3 Å². The molecule has 7 nitrogen and oxygen atoms in total. The Bertz CT molecular complexity index is 939. The molecule has 3 rings (SSSR count). The summed E-state index contributed by atoms with van der Waals surface area (Å²) in [6.07, 6.45) is 24.9. The molecule has 4 N–H and O–H groups in total. The summed E-state index contributed by atoms with van der Waals surface area (Å²) in [4.78, 5) is 40.0. The van der Waals surface area contributed by atoms with Crippen LogP contribution in [-0.4, -0.2) is 49.4 Å². The van der Waals surface area contributed by atoms with Gasteiger partial charge in [0.15, 0.2) is 0 Å². The first kappa shape index (κ1) is 34.1. The van der Waals surface area contributed by atoms with Crippen LogP contribution in [0.4, 0.5) is 0 Å². The second-order valence-corrected chi connectivity index (χ2v) is 12.7. The van der Waals surface area contributed by atoms with E-state index in [1.54, 1.807) is 0 Å². The highest BCUT2D eigenvalue weighted by molar-refractivity contribution is 5.92. The maximum absolute atomic E-state index is 13.6. The van der Waals surface area contributed by atoms with Gasteiger partial charge in [0.05, 0.1) is 0 Å². The quantitative estimate of drug-likeness (QED) is 0.123. The Morgan fingerprint density at radius 2 is 1.69 bits per heavy atom. The predicted molar refractivity (Wildman–Crippen MR) is 172 cm³/mol. The minimum absolute atomic E-state index is 0.0664. The number of amides is 3. The molecule has 3 unspecified atom stereocenters. The van der Waals surface area contributed by atoms with Crippen LogP contribution in [-0.2, 0) is 14.4 Å². The van der Waals surface area contributed by atoms with Gasteiger partial charge in [0.1, 0.15) is 12.1 Å². The van der Waals surface area contributed by atoms with Gasteiger partial charge in [-0.2, -0.15) is 0 Å².